The smallest absolute Gasteiger partial charge is 0.328 e. The van der Waals surface area contributed by atoms with Crippen molar-refractivity contribution in [2.75, 3.05) is 19.8 Å². The van der Waals surface area contributed by atoms with Crippen molar-refractivity contribution < 1.29 is 34.5 Å². The summed E-state index contributed by atoms with van der Waals surface area (Å²) in [4.78, 5) is 53.1. The molecule has 0 saturated carbocycles. The number of carboxylic acids is 1. The number of nitrogens with one attached hydrogen (secondary N) is 4. The minimum absolute atomic E-state index is 0.00569. The van der Waals surface area contributed by atoms with Crippen LogP contribution in [0.15, 0.2) is 12.5 Å². The first kappa shape index (κ1) is 22.0. The van der Waals surface area contributed by atoms with Crippen LogP contribution in [0.2, 0.25) is 0 Å². The van der Waals surface area contributed by atoms with E-state index in [4.69, 9.17) is 21.1 Å². The van der Waals surface area contributed by atoms with Crippen LogP contribution in [0.4, 0.5) is 0 Å². The molecule has 1 rings (SSSR count). The predicted molar refractivity (Wildman–Crippen MR) is 88.9 cm³/mol. The summed E-state index contributed by atoms with van der Waals surface area (Å²) in [5.74, 6) is -3.79. The number of aliphatic carboxylic acids is 1. The number of carbonyl (C=O) groups excluding carboxylic acids is 3. The molecule has 150 valence electrons. The van der Waals surface area contributed by atoms with Gasteiger partial charge in [-0.25, -0.2) is 9.78 Å². The van der Waals surface area contributed by atoms with Crippen molar-refractivity contribution in [2.24, 2.45) is 5.73 Å². The molecule has 0 fully saturated rings. The summed E-state index contributed by atoms with van der Waals surface area (Å²) in [5, 5.41) is 33.1. The maximum atomic E-state index is 12.3. The van der Waals surface area contributed by atoms with Gasteiger partial charge in [-0.1, -0.05) is 0 Å². The second-order valence-electron chi connectivity index (χ2n) is 5.49. The van der Waals surface area contributed by atoms with Crippen molar-refractivity contribution in [3.8, 4) is 0 Å². The van der Waals surface area contributed by atoms with Gasteiger partial charge in [0.15, 0.2) is 0 Å². The SMILES string of the molecule is NC(CO)C(=O)NC(Cc1cnc[nH]1)C(=O)NCC(=O)NC(CO)C(=O)O. The first-order chi connectivity index (χ1) is 12.8. The fourth-order valence-electron chi connectivity index (χ4n) is 1.91. The largest absolute Gasteiger partial charge is 0.480 e. The standard InChI is InChI=1S/C14H22N6O7/c15-8(4-21)12(24)20-9(1-7-2-16-6-18-7)13(25)17-3-11(23)19-10(5-22)14(26)27/h2,6,8-10,21-22H,1,3-5,15H2,(H,16,18)(H,17,25)(H,19,23)(H,20,24)(H,26,27). The number of carboxylic acid groups (broad SMARTS) is 1. The minimum Gasteiger partial charge on any atom is -0.480 e. The van der Waals surface area contributed by atoms with Gasteiger partial charge in [-0.2, -0.15) is 0 Å². The first-order valence-electron chi connectivity index (χ1n) is 7.83. The van der Waals surface area contributed by atoms with Crippen molar-refractivity contribution in [2.45, 2.75) is 24.5 Å². The van der Waals surface area contributed by atoms with Crippen LogP contribution in [0.25, 0.3) is 0 Å². The van der Waals surface area contributed by atoms with Crippen molar-refractivity contribution in [3.63, 3.8) is 0 Å². The van der Waals surface area contributed by atoms with Crippen molar-refractivity contribution in [1.82, 2.24) is 25.9 Å². The third kappa shape index (κ3) is 7.39. The van der Waals surface area contributed by atoms with E-state index in [2.05, 4.69) is 20.6 Å². The lowest BCUT2D eigenvalue weighted by atomic mass is 10.1. The average molecular weight is 386 g/mol. The van der Waals surface area contributed by atoms with Gasteiger partial charge < -0.3 is 42.0 Å². The number of carbonyl (C=O) groups is 4. The Kier molecular flexibility index (Phi) is 8.84. The van der Waals surface area contributed by atoms with E-state index in [9.17, 15) is 19.2 Å². The Balaban J connectivity index is 2.68. The highest BCUT2D eigenvalue weighted by atomic mass is 16.4. The molecule has 9 N–H and O–H groups in total. The quantitative estimate of drug-likeness (QED) is 0.183. The molecule has 13 nitrogen and oxygen atoms in total. The number of amides is 3. The molecule has 0 aliphatic carbocycles. The number of aliphatic hydroxyl groups is 2. The Bertz CT molecular complexity index is 650. The normalized spacial score (nSPS) is 13.9. The molecule has 0 aliphatic heterocycles. The molecule has 0 aromatic carbocycles. The van der Waals surface area contributed by atoms with Gasteiger partial charge in [0.2, 0.25) is 17.7 Å². The van der Waals surface area contributed by atoms with Gasteiger partial charge in [0.1, 0.15) is 18.1 Å². The fraction of sp³-hybridized carbons (Fsp3) is 0.500. The fourth-order valence-corrected chi connectivity index (χ4v) is 1.91. The Morgan fingerprint density at radius 3 is 2.33 bits per heavy atom. The summed E-state index contributed by atoms with van der Waals surface area (Å²) in [5.41, 5.74) is 5.92. The second-order valence-corrected chi connectivity index (χ2v) is 5.49. The Morgan fingerprint density at radius 1 is 1.11 bits per heavy atom. The number of hydrogen-bond donors (Lipinski definition) is 8. The molecule has 3 atom stereocenters. The lowest BCUT2D eigenvalue weighted by Crippen LogP contribution is -2.55. The average Bonchev–Trinajstić information content (AvgIpc) is 3.15. The molecule has 1 aromatic heterocycles. The summed E-state index contributed by atoms with van der Waals surface area (Å²) >= 11 is 0. The molecule has 13 heteroatoms. The van der Waals surface area contributed by atoms with Crippen LogP contribution >= 0.6 is 0 Å². The molecule has 1 heterocycles. The van der Waals surface area contributed by atoms with Gasteiger partial charge in [0.25, 0.3) is 0 Å². The van der Waals surface area contributed by atoms with E-state index in [1.807, 2.05) is 5.32 Å². The van der Waals surface area contributed by atoms with Crippen LogP contribution in [0.5, 0.6) is 0 Å². The van der Waals surface area contributed by atoms with Crippen LogP contribution in [-0.4, -0.2) is 86.9 Å². The first-order valence-corrected chi connectivity index (χ1v) is 7.83. The zero-order chi connectivity index (χ0) is 20.4. The van der Waals surface area contributed by atoms with Crippen LogP contribution in [0, 0.1) is 0 Å². The number of aliphatic hydroxyl groups excluding tert-OH is 2. The number of aromatic nitrogens is 2. The molecule has 0 bridgehead atoms. The summed E-state index contributed by atoms with van der Waals surface area (Å²) in [6, 6.07) is -3.86. The molecular formula is C14H22N6O7. The molecule has 0 radical (unpaired) electrons. The van der Waals surface area contributed by atoms with E-state index in [0.717, 1.165) is 0 Å². The highest BCUT2D eigenvalue weighted by molar-refractivity contribution is 5.92. The lowest BCUT2D eigenvalue weighted by molar-refractivity contribution is -0.142. The van der Waals surface area contributed by atoms with E-state index in [1.165, 1.54) is 12.5 Å². The summed E-state index contributed by atoms with van der Waals surface area (Å²) in [6.45, 7) is -2.01. The molecule has 3 unspecified atom stereocenters. The Hall–Kier alpha value is -3.03. The van der Waals surface area contributed by atoms with Crippen molar-refractivity contribution in [3.05, 3.63) is 18.2 Å². The highest BCUT2D eigenvalue weighted by Crippen LogP contribution is 1.99. The van der Waals surface area contributed by atoms with Crippen molar-refractivity contribution in [1.29, 1.82) is 0 Å². The molecule has 0 spiro atoms. The van der Waals surface area contributed by atoms with Gasteiger partial charge in [-0.15, -0.1) is 0 Å². The van der Waals surface area contributed by atoms with Crippen LogP contribution in [-0.2, 0) is 25.6 Å². The number of nitrogens with zero attached hydrogens (tertiary/aromatic N) is 1. The van der Waals surface area contributed by atoms with Crippen LogP contribution in [0.3, 0.4) is 0 Å². The predicted octanol–water partition coefficient (Wildman–Crippen LogP) is -4.57. The van der Waals surface area contributed by atoms with Crippen molar-refractivity contribution >= 4 is 23.7 Å². The topological polar surface area (TPSA) is 220 Å². The second kappa shape index (κ2) is 10.8. The zero-order valence-corrected chi connectivity index (χ0v) is 14.2. The molecule has 0 aliphatic rings. The molecule has 3 amide bonds. The minimum atomic E-state index is -1.50. The molecule has 27 heavy (non-hydrogen) atoms. The van der Waals surface area contributed by atoms with Crippen LogP contribution in [0.1, 0.15) is 5.69 Å². The van der Waals surface area contributed by atoms with Gasteiger partial charge in [0.05, 0.1) is 26.1 Å². The third-order valence-corrected chi connectivity index (χ3v) is 3.38. The van der Waals surface area contributed by atoms with Crippen LogP contribution < -0.4 is 21.7 Å². The van der Waals surface area contributed by atoms with Gasteiger partial charge in [-0.05, 0) is 0 Å². The van der Waals surface area contributed by atoms with E-state index in [-0.39, 0.29) is 6.42 Å². The number of H-pyrrole nitrogens is 1. The number of rotatable bonds is 11. The summed E-state index contributed by atoms with van der Waals surface area (Å²) < 4.78 is 0. The molecular weight excluding hydrogens is 364 g/mol. The number of hydrogen-bond acceptors (Lipinski definition) is 8. The number of aromatic amines is 1. The van der Waals surface area contributed by atoms with E-state index in [1.54, 1.807) is 0 Å². The van der Waals surface area contributed by atoms with Gasteiger partial charge in [0, 0.05) is 18.3 Å². The van der Waals surface area contributed by atoms with E-state index >= 15 is 0 Å². The maximum absolute atomic E-state index is 12.3. The number of imidazole rings is 1. The highest BCUT2D eigenvalue weighted by Gasteiger charge is 2.25. The van der Waals surface area contributed by atoms with Gasteiger partial charge >= 0.3 is 5.97 Å². The monoisotopic (exact) mass is 386 g/mol. The Labute approximate surface area is 153 Å². The van der Waals surface area contributed by atoms with E-state index < -0.39 is 61.6 Å². The molecule has 0 saturated heterocycles. The lowest BCUT2D eigenvalue weighted by Gasteiger charge is -2.20. The summed E-state index contributed by atoms with van der Waals surface area (Å²) in [6.07, 6.45) is 2.81. The number of nitrogens with two attached hydrogens (primary N) is 1. The Morgan fingerprint density at radius 2 is 1.81 bits per heavy atom. The third-order valence-electron chi connectivity index (χ3n) is 3.38. The maximum Gasteiger partial charge on any atom is 0.328 e. The zero-order valence-electron chi connectivity index (χ0n) is 14.2. The molecule has 1 aromatic rings. The summed E-state index contributed by atoms with van der Waals surface area (Å²) in [7, 11) is 0. The van der Waals surface area contributed by atoms with E-state index in [0.29, 0.717) is 5.69 Å². The van der Waals surface area contributed by atoms with Gasteiger partial charge in [-0.3, -0.25) is 14.4 Å².